The molecule has 0 N–H and O–H groups in total. The smallest absolute Gasteiger partial charge is 0.140 e. The lowest BCUT2D eigenvalue weighted by molar-refractivity contribution is 1.01. The second kappa shape index (κ2) is 9.16. The highest BCUT2D eigenvalue weighted by Crippen LogP contribution is 2.36. The average Bonchev–Trinajstić information content (AvgIpc) is 3.57. The maximum absolute atomic E-state index is 9.99. The van der Waals surface area contributed by atoms with Crippen molar-refractivity contribution in [1.82, 2.24) is 19.1 Å². The van der Waals surface area contributed by atoms with Gasteiger partial charge in [-0.15, -0.1) is 0 Å². The molecule has 0 atom stereocenters. The Labute approximate surface area is 240 Å². The lowest BCUT2D eigenvalue weighted by Gasteiger charge is -2.15. The van der Waals surface area contributed by atoms with Crippen molar-refractivity contribution in [2.75, 3.05) is 0 Å². The van der Waals surface area contributed by atoms with Crippen molar-refractivity contribution in [1.29, 1.82) is 10.5 Å². The summed E-state index contributed by atoms with van der Waals surface area (Å²) in [6.07, 6.45) is 3.68. The summed E-state index contributed by atoms with van der Waals surface area (Å²) in [4.78, 5) is 9.74. The van der Waals surface area contributed by atoms with Crippen molar-refractivity contribution in [3.63, 3.8) is 0 Å². The highest BCUT2D eigenvalue weighted by atomic mass is 15.1. The van der Waals surface area contributed by atoms with Gasteiger partial charge in [-0.3, -0.25) is 14.1 Å². The minimum absolute atomic E-state index is 0.588. The predicted octanol–water partition coefficient (Wildman–Crippen LogP) is 8.08. The molecule has 0 aliphatic carbocycles. The third-order valence-electron chi connectivity index (χ3n) is 7.89. The normalized spacial score (nSPS) is 11.3. The molecule has 194 valence electrons. The van der Waals surface area contributed by atoms with E-state index in [4.69, 9.17) is 4.98 Å². The van der Waals surface area contributed by atoms with E-state index in [2.05, 4.69) is 50.5 Å². The molecule has 4 heterocycles. The van der Waals surface area contributed by atoms with Gasteiger partial charge in [-0.1, -0.05) is 54.6 Å². The minimum atomic E-state index is 0.588. The molecule has 4 aromatic carbocycles. The molecule has 6 nitrogen and oxygen atoms in total. The fraction of sp³-hybridized carbons (Fsp3) is 0. The molecular formula is C36H20N6. The van der Waals surface area contributed by atoms with Crippen molar-refractivity contribution in [3.05, 3.63) is 133 Å². The SMILES string of the molecule is N#Cc1ccc2c(c1)c1ccccc1n2-c1cc(-c2ccccc2C#N)cc(-n2c3ccccc3c3ccncc32)n1. The van der Waals surface area contributed by atoms with Crippen LogP contribution in [0.25, 0.3) is 66.4 Å². The van der Waals surface area contributed by atoms with Gasteiger partial charge in [-0.05, 0) is 65.7 Å². The summed E-state index contributed by atoms with van der Waals surface area (Å²) in [5, 5.41) is 23.8. The topological polar surface area (TPSA) is 83.2 Å². The van der Waals surface area contributed by atoms with E-state index >= 15 is 0 Å². The molecule has 6 heteroatoms. The predicted molar refractivity (Wildman–Crippen MR) is 166 cm³/mol. The first kappa shape index (κ1) is 23.6. The van der Waals surface area contributed by atoms with E-state index in [1.165, 1.54) is 0 Å². The third kappa shape index (κ3) is 3.43. The quantitative estimate of drug-likeness (QED) is 0.228. The van der Waals surface area contributed by atoms with Gasteiger partial charge in [0.05, 0.1) is 51.5 Å². The van der Waals surface area contributed by atoms with Gasteiger partial charge in [0.25, 0.3) is 0 Å². The molecule has 0 fully saturated rings. The van der Waals surface area contributed by atoms with Crippen LogP contribution in [0, 0.1) is 22.7 Å². The lowest BCUT2D eigenvalue weighted by atomic mass is 10.0. The molecule has 8 aromatic rings. The number of para-hydroxylation sites is 2. The van der Waals surface area contributed by atoms with Crippen molar-refractivity contribution in [2.45, 2.75) is 0 Å². The third-order valence-corrected chi connectivity index (χ3v) is 7.89. The zero-order valence-corrected chi connectivity index (χ0v) is 22.2. The zero-order valence-electron chi connectivity index (χ0n) is 22.2. The van der Waals surface area contributed by atoms with Gasteiger partial charge >= 0.3 is 0 Å². The number of hydrogen-bond donors (Lipinski definition) is 0. The molecule has 4 aromatic heterocycles. The fourth-order valence-corrected chi connectivity index (χ4v) is 6.07. The monoisotopic (exact) mass is 536 g/mol. The molecule has 0 aliphatic rings. The lowest BCUT2D eigenvalue weighted by Crippen LogP contribution is -2.04. The Balaban J connectivity index is 1.52. The van der Waals surface area contributed by atoms with Crippen LogP contribution in [-0.2, 0) is 0 Å². The van der Waals surface area contributed by atoms with E-state index in [1.807, 2.05) is 97.3 Å². The van der Waals surface area contributed by atoms with Gasteiger partial charge in [-0.2, -0.15) is 10.5 Å². The van der Waals surface area contributed by atoms with Crippen LogP contribution in [0.5, 0.6) is 0 Å². The summed E-state index contributed by atoms with van der Waals surface area (Å²) in [5.74, 6) is 1.43. The molecule has 0 saturated carbocycles. The first-order valence-corrected chi connectivity index (χ1v) is 13.5. The van der Waals surface area contributed by atoms with E-state index in [1.54, 1.807) is 0 Å². The van der Waals surface area contributed by atoms with Gasteiger partial charge in [0.2, 0.25) is 0 Å². The number of pyridine rings is 2. The van der Waals surface area contributed by atoms with Crippen LogP contribution >= 0.6 is 0 Å². The summed E-state index contributed by atoms with van der Waals surface area (Å²) in [7, 11) is 0. The van der Waals surface area contributed by atoms with E-state index < -0.39 is 0 Å². The zero-order chi connectivity index (χ0) is 28.2. The van der Waals surface area contributed by atoms with Crippen LogP contribution in [-0.4, -0.2) is 19.1 Å². The van der Waals surface area contributed by atoms with E-state index in [0.717, 1.165) is 54.7 Å². The van der Waals surface area contributed by atoms with Crippen molar-refractivity contribution < 1.29 is 0 Å². The largest absolute Gasteiger partial charge is 0.294 e. The highest BCUT2D eigenvalue weighted by molar-refractivity contribution is 6.10. The molecule has 8 rings (SSSR count). The number of benzene rings is 4. The molecule has 0 saturated heterocycles. The molecular weight excluding hydrogens is 516 g/mol. The Morgan fingerprint density at radius 1 is 0.548 bits per heavy atom. The number of hydrogen-bond acceptors (Lipinski definition) is 4. The van der Waals surface area contributed by atoms with Gasteiger partial charge in [-0.25, -0.2) is 4.98 Å². The number of nitrogens with zero attached hydrogens (tertiary/aromatic N) is 6. The van der Waals surface area contributed by atoms with Gasteiger partial charge in [0.15, 0.2) is 0 Å². The number of aromatic nitrogens is 4. The minimum Gasteiger partial charge on any atom is -0.294 e. The standard InChI is InChI=1S/C36H20N6/c37-20-23-13-14-33-30(17-23)28-10-4-6-12-32(28)41(33)35-18-25(26-8-2-1-7-24(26)21-38)19-36(40-35)42-31-11-5-3-9-27(31)29-15-16-39-22-34(29)42/h1-19,22H. The molecule has 0 spiro atoms. The average molecular weight is 537 g/mol. The molecule has 0 radical (unpaired) electrons. The number of fused-ring (bicyclic) bond motifs is 6. The van der Waals surface area contributed by atoms with Crippen molar-refractivity contribution in [2.24, 2.45) is 0 Å². The summed E-state index contributed by atoms with van der Waals surface area (Å²) in [5.41, 5.74) is 6.80. The summed E-state index contributed by atoms with van der Waals surface area (Å²) < 4.78 is 4.28. The van der Waals surface area contributed by atoms with Crippen LogP contribution in [0.3, 0.4) is 0 Å². The Morgan fingerprint density at radius 3 is 1.90 bits per heavy atom. The van der Waals surface area contributed by atoms with Crippen LogP contribution < -0.4 is 0 Å². The Hall–Kier alpha value is -6.24. The first-order valence-electron chi connectivity index (χ1n) is 13.5. The Kier molecular flexibility index (Phi) is 5.15. The number of rotatable bonds is 3. The van der Waals surface area contributed by atoms with Crippen LogP contribution in [0.2, 0.25) is 0 Å². The van der Waals surface area contributed by atoms with E-state index in [9.17, 15) is 10.5 Å². The van der Waals surface area contributed by atoms with Crippen molar-refractivity contribution in [3.8, 4) is 34.9 Å². The van der Waals surface area contributed by atoms with Gasteiger partial charge in [0, 0.05) is 27.7 Å². The van der Waals surface area contributed by atoms with Crippen LogP contribution in [0.4, 0.5) is 0 Å². The fourth-order valence-electron chi connectivity index (χ4n) is 6.07. The van der Waals surface area contributed by atoms with Crippen LogP contribution in [0.1, 0.15) is 11.1 Å². The first-order chi connectivity index (χ1) is 20.7. The van der Waals surface area contributed by atoms with Gasteiger partial charge < -0.3 is 0 Å². The maximum Gasteiger partial charge on any atom is 0.140 e. The van der Waals surface area contributed by atoms with E-state index in [-0.39, 0.29) is 0 Å². The summed E-state index contributed by atoms with van der Waals surface area (Å²) >= 11 is 0. The molecule has 0 aliphatic heterocycles. The van der Waals surface area contributed by atoms with Gasteiger partial charge in [0.1, 0.15) is 11.6 Å². The summed E-state index contributed by atoms with van der Waals surface area (Å²) in [6.45, 7) is 0. The Bertz CT molecular complexity index is 2400. The Morgan fingerprint density at radius 2 is 1.17 bits per heavy atom. The second-order valence-electron chi connectivity index (χ2n) is 10.2. The number of nitriles is 2. The maximum atomic E-state index is 9.99. The highest BCUT2D eigenvalue weighted by Gasteiger charge is 2.19. The molecule has 0 amide bonds. The van der Waals surface area contributed by atoms with Crippen LogP contribution in [0.15, 0.2) is 122 Å². The van der Waals surface area contributed by atoms with E-state index in [0.29, 0.717) is 22.8 Å². The van der Waals surface area contributed by atoms with Crippen molar-refractivity contribution >= 4 is 43.6 Å². The summed E-state index contributed by atoms with van der Waals surface area (Å²) in [6, 6.07) is 40.6. The molecule has 0 bridgehead atoms. The second-order valence-corrected chi connectivity index (χ2v) is 10.2. The molecule has 42 heavy (non-hydrogen) atoms. The molecule has 0 unspecified atom stereocenters.